The Balaban J connectivity index is 1.71. The highest BCUT2D eigenvalue weighted by Crippen LogP contribution is 2.23. The highest BCUT2D eigenvalue weighted by Gasteiger charge is 2.19. The van der Waals surface area contributed by atoms with Crippen molar-refractivity contribution in [3.05, 3.63) is 47.6 Å². The molecule has 6 nitrogen and oxygen atoms in total. The topological polar surface area (TPSA) is 72.7 Å². The number of aromatic nitrogens is 4. The predicted octanol–water partition coefficient (Wildman–Crippen LogP) is -3.03. The van der Waals surface area contributed by atoms with Crippen LogP contribution in [0.1, 0.15) is 10.4 Å². The van der Waals surface area contributed by atoms with Gasteiger partial charge in [0, 0.05) is 34.8 Å². The molecule has 1 amide bonds. The average molecular weight is 411 g/mol. The van der Waals surface area contributed by atoms with Crippen molar-refractivity contribution in [2.24, 2.45) is 7.05 Å². The van der Waals surface area contributed by atoms with Crippen LogP contribution in [0.25, 0.3) is 22.2 Å². The van der Waals surface area contributed by atoms with Gasteiger partial charge in [-0.3, -0.25) is 9.78 Å². The molecule has 0 unspecified atom stereocenters. The van der Waals surface area contributed by atoms with Gasteiger partial charge in [0.25, 0.3) is 5.91 Å². The molecule has 0 radical (unpaired) electrons. The Kier molecular flexibility index (Phi) is 5.20. The molecule has 0 atom stereocenters. The molecular weight excluding hydrogens is 393 g/mol. The molecule has 144 valence electrons. The number of benzene rings is 1. The zero-order valence-electron chi connectivity index (χ0n) is 17.5. The Hall–Kier alpha value is -2.99. The molecule has 4 aromatic rings. The van der Waals surface area contributed by atoms with Crippen molar-refractivity contribution in [3.63, 3.8) is 0 Å². The molecular formula is C19H18B4ClN5O. The fourth-order valence-corrected chi connectivity index (χ4v) is 3.94. The number of carbonyl (C=O) groups is 1. The number of aryl methyl sites for hydroxylation is 1. The van der Waals surface area contributed by atoms with E-state index in [0.717, 1.165) is 44.0 Å². The van der Waals surface area contributed by atoms with Crippen molar-refractivity contribution in [1.29, 1.82) is 0 Å². The fraction of sp³-hybridized carbons (Fsp3) is 0.0526. The number of nitrogens with zero attached hydrogens (tertiary/aromatic N) is 4. The normalized spacial score (nSPS) is 11.0. The molecule has 11 heteroatoms. The first-order valence-electron chi connectivity index (χ1n) is 9.57. The highest BCUT2D eigenvalue weighted by molar-refractivity contribution is 6.65. The number of rotatable bonds is 3. The first kappa shape index (κ1) is 20.3. The van der Waals surface area contributed by atoms with E-state index in [2.05, 4.69) is 20.3 Å². The van der Waals surface area contributed by atoms with Crippen molar-refractivity contribution in [2.45, 2.75) is 0 Å². The zero-order valence-corrected chi connectivity index (χ0v) is 18.3. The summed E-state index contributed by atoms with van der Waals surface area (Å²) in [6.45, 7) is 0. The maximum Gasteiger partial charge on any atom is 0.255 e. The minimum atomic E-state index is -0.199. The maximum atomic E-state index is 13.1. The molecule has 1 N–H and O–H groups in total. The largest absolute Gasteiger partial charge is 0.334 e. The average Bonchev–Trinajstić information content (AvgIpc) is 3.16. The Labute approximate surface area is 183 Å². The van der Waals surface area contributed by atoms with E-state index in [1.54, 1.807) is 24.9 Å². The van der Waals surface area contributed by atoms with Gasteiger partial charge >= 0.3 is 0 Å². The lowest BCUT2D eigenvalue weighted by Gasteiger charge is -2.18. The Morgan fingerprint density at radius 3 is 2.33 bits per heavy atom. The zero-order chi connectivity index (χ0) is 21.6. The molecule has 0 saturated carbocycles. The second-order valence-corrected chi connectivity index (χ2v) is 7.90. The molecule has 0 spiro atoms. The van der Waals surface area contributed by atoms with Crippen LogP contribution in [-0.2, 0) is 7.05 Å². The van der Waals surface area contributed by atoms with Crippen LogP contribution in [0.5, 0.6) is 0 Å². The van der Waals surface area contributed by atoms with Crippen LogP contribution in [-0.4, -0.2) is 56.8 Å². The molecule has 1 aromatic carbocycles. The number of hydrogen-bond donors (Lipinski definition) is 1. The summed E-state index contributed by atoms with van der Waals surface area (Å²) in [6.07, 6.45) is 7.00. The van der Waals surface area contributed by atoms with E-state index in [4.69, 9.17) is 11.6 Å². The summed E-state index contributed by atoms with van der Waals surface area (Å²) < 4.78 is 1.93. The van der Waals surface area contributed by atoms with E-state index in [0.29, 0.717) is 16.4 Å². The number of amides is 1. The molecule has 0 aliphatic carbocycles. The monoisotopic (exact) mass is 411 g/mol. The highest BCUT2D eigenvalue weighted by atomic mass is 35.5. The van der Waals surface area contributed by atoms with Gasteiger partial charge in [-0.05, 0) is 12.1 Å². The van der Waals surface area contributed by atoms with Crippen LogP contribution in [0.3, 0.4) is 0 Å². The third-order valence-electron chi connectivity index (χ3n) is 5.68. The van der Waals surface area contributed by atoms with Crippen LogP contribution in [0.15, 0.2) is 37.1 Å². The van der Waals surface area contributed by atoms with Crippen molar-refractivity contribution in [2.75, 3.05) is 5.32 Å². The SMILES string of the molecule is Bc1c(B)c(C(=O)Nc2cc3cc(-c4cncn4C)cnc3cn2)c(B)c(B)c1Cl. The lowest BCUT2D eigenvalue weighted by molar-refractivity contribution is 0.102. The van der Waals surface area contributed by atoms with Gasteiger partial charge in [0.15, 0.2) is 0 Å². The number of carbonyl (C=O) groups excluding carboxylic acids is 1. The van der Waals surface area contributed by atoms with E-state index in [1.807, 2.05) is 55.1 Å². The van der Waals surface area contributed by atoms with Gasteiger partial charge in [-0.15, -0.1) is 0 Å². The van der Waals surface area contributed by atoms with Crippen LogP contribution in [0, 0.1) is 0 Å². The number of anilines is 1. The van der Waals surface area contributed by atoms with Crippen molar-refractivity contribution in [3.8, 4) is 11.3 Å². The van der Waals surface area contributed by atoms with Crippen LogP contribution in [0.4, 0.5) is 5.82 Å². The van der Waals surface area contributed by atoms with E-state index in [1.165, 1.54) is 0 Å². The van der Waals surface area contributed by atoms with Crippen molar-refractivity contribution in [1.82, 2.24) is 19.5 Å². The summed E-state index contributed by atoms with van der Waals surface area (Å²) in [4.78, 5) is 26.1. The maximum absolute atomic E-state index is 13.1. The molecule has 0 bridgehead atoms. The summed E-state index contributed by atoms with van der Waals surface area (Å²) in [5, 5.41) is 4.53. The van der Waals surface area contributed by atoms with Crippen molar-refractivity contribution < 1.29 is 4.79 Å². The minimum absolute atomic E-state index is 0.199. The molecule has 0 saturated heterocycles. The van der Waals surface area contributed by atoms with E-state index in [-0.39, 0.29) is 5.91 Å². The molecule has 30 heavy (non-hydrogen) atoms. The van der Waals surface area contributed by atoms with Gasteiger partial charge in [-0.25, -0.2) is 9.97 Å². The number of imidazole rings is 1. The first-order valence-corrected chi connectivity index (χ1v) is 9.95. The van der Waals surface area contributed by atoms with E-state index < -0.39 is 0 Å². The lowest BCUT2D eigenvalue weighted by atomic mass is 9.67. The van der Waals surface area contributed by atoms with Gasteiger partial charge in [-0.2, -0.15) is 0 Å². The quantitative estimate of drug-likeness (QED) is 0.365. The van der Waals surface area contributed by atoms with Crippen LogP contribution >= 0.6 is 11.6 Å². The third kappa shape index (κ3) is 3.41. The number of halogens is 1. The predicted molar refractivity (Wildman–Crippen MR) is 134 cm³/mol. The summed E-state index contributed by atoms with van der Waals surface area (Å²) >= 11 is 6.40. The number of hydrogen-bond acceptors (Lipinski definition) is 4. The minimum Gasteiger partial charge on any atom is -0.334 e. The second kappa shape index (κ2) is 7.69. The smallest absolute Gasteiger partial charge is 0.255 e. The molecule has 3 heterocycles. The van der Waals surface area contributed by atoms with E-state index in [9.17, 15) is 4.79 Å². The molecule has 3 aromatic heterocycles. The third-order valence-corrected chi connectivity index (χ3v) is 6.25. The summed E-state index contributed by atoms with van der Waals surface area (Å²) in [7, 11) is 9.63. The lowest BCUT2D eigenvalue weighted by Crippen LogP contribution is -2.47. The number of nitrogens with one attached hydrogen (secondary N) is 1. The Morgan fingerprint density at radius 1 is 1.00 bits per heavy atom. The van der Waals surface area contributed by atoms with E-state index >= 15 is 0 Å². The second-order valence-electron chi connectivity index (χ2n) is 7.52. The van der Waals surface area contributed by atoms with Gasteiger partial charge in [-0.1, -0.05) is 33.5 Å². The van der Waals surface area contributed by atoms with Crippen molar-refractivity contribution >= 4 is 87.5 Å². The number of fused-ring (bicyclic) bond motifs is 1. The Bertz CT molecular complexity index is 1300. The fourth-order valence-electron chi connectivity index (χ4n) is 3.66. The standard InChI is InChI=1S/C19H18B4ClN5O/c1-29-7-25-6-11(29)9-2-8-3-12(27-5-10(8)26-4-9)28-19(30)13-14(20)16(22)18(24)17(23)15(13)21/h2-7H,20-23H2,1H3,(H,27,28,30). The number of pyridine rings is 2. The summed E-state index contributed by atoms with van der Waals surface area (Å²) in [5.74, 6) is 0.274. The molecule has 0 aliphatic heterocycles. The van der Waals surface area contributed by atoms with Gasteiger partial charge in [0.1, 0.15) is 37.2 Å². The van der Waals surface area contributed by atoms with Crippen LogP contribution < -0.4 is 27.2 Å². The Morgan fingerprint density at radius 2 is 1.70 bits per heavy atom. The van der Waals surface area contributed by atoms with Gasteiger partial charge < -0.3 is 9.88 Å². The molecule has 0 fully saturated rings. The molecule has 4 rings (SSSR count). The summed E-state index contributed by atoms with van der Waals surface area (Å²) in [5.41, 5.74) is 6.89. The first-order chi connectivity index (χ1) is 14.3. The molecule has 0 aliphatic rings. The van der Waals surface area contributed by atoms with Crippen LogP contribution in [0.2, 0.25) is 5.02 Å². The van der Waals surface area contributed by atoms with Gasteiger partial charge in [0.2, 0.25) is 0 Å². The summed E-state index contributed by atoms with van der Waals surface area (Å²) in [6, 6.07) is 3.85. The van der Waals surface area contributed by atoms with Gasteiger partial charge in [0.05, 0.1) is 29.9 Å².